The van der Waals surface area contributed by atoms with Gasteiger partial charge < -0.3 is 14.4 Å². The first-order valence-corrected chi connectivity index (χ1v) is 12.6. The van der Waals surface area contributed by atoms with Gasteiger partial charge >= 0.3 is 0 Å². The zero-order chi connectivity index (χ0) is 26.2. The number of likely N-dealkylation sites (N-methyl/N-ethyl adjacent to an activating group) is 1. The lowest BCUT2D eigenvalue weighted by Crippen LogP contribution is -2.33. The van der Waals surface area contributed by atoms with Crippen molar-refractivity contribution >= 4 is 22.9 Å². The average Bonchev–Trinajstić information content (AvgIpc) is 3.30. The molecule has 7 nitrogen and oxygen atoms in total. The van der Waals surface area contributed by atoms with E-state index >= 15 is 0 Å². The molecule has 0 aliphatic heterocycles. The summed E-state index contributed by atoms with van der Waals surface area (Å²) in [4.78, 5) is 19.5. The van der Waals surface area contributed by atoms with Crippen LogP contribution in [0.4, 0.5) is 0 Å². The molecule has 0 aliphatic rings. The molecule has 1 amide bonds. The number of carbonyl (C=O) groups is 1. The van der Waals surface area contributed by atoms with Crippen molar-refractivity contribution in [3.05, 3.63) is 89.8 Å². The van der Waals surface area contributed by atoms with E-state index in [9.17, 15) is 4.79 Å². The second-order valence-electron chi connectivity index (χ2n) is 8.83. The van der Waals surface area contributed by atoms with Gasteiger partial charge in [0.25, 0.3) is 0 Å². The van der Waals surface area contributed by atoms with Crippen LogP contribution in [0.2, 0.25) is 0 Å². The van der Waals surface area contributed by atoms with E-state index in [2.05, 4.69) is 24.0 Å². The summed E-state index contributed by atoms with van der Waals surface area (Å²) in [6.45, 7) is 6.02. The molecule has 1 atom stereocenters. The predicted molar refractivity (Wildman–Crippen MR) is 147 cm³/mol. The van der Waals surface area contributed by atoms with Gasteiger partial charge in [0.15, 0.2) is 0 Å². The Bertz CT molecular complexity index is 1350. The fourth-order valence-electron chi connectivity index (χ4n) is 4.51. The van der Waals surface area contributed by atoms with E-state index < -0.39 is 0 Å². The minimum absolute atomic E-state index is 0.0439. The molecule has 0 N–H and O–H groups in total. The van der Waals surface area contributed by atoms with Gasteiger partial charge in [0, 0.05) is 31.3 Å². The molecule has 7 heteroatoms. The highest BCUT2D eigenvalue weighted by Gasteiger charge is 2.18. The van der Waals surface area contributed by atoms with Gasteiger partial charge in [-0.05, 0) is 48.7 Å². The van der Waals surface area contributed by atoms with Crippen LogP contribution in [0.1, 0.15) is 43.0 Å². The highest BCUT2D eigenvalue weighted by atomic mass is 16.5. The molecule has 2 heterocycles. The van der Waals surface area contributed by atoms with E-state index in [1.807, 2.05) is 65.0 Å². The smallest absolute Gasteiger partial charge is 0.246 e. The Hall–Kier alpha value is -4.13. The van der Waals surface area contributed by atoms with Crippen LogP contribution in [0.3, 0.4) is 0 Å². The van der Waals surface area contributed by atoms with Crippen LogP contribution in [0, 0.1) is 0 Å². The molecule has 2 aromatic heterocycles. The van der Waals surface area contributed by atoms with E-state index in [-0.39, 0.29) is 11.8 Å². The van der Waals surface area contributed by atoms with Crippen molar-refractivity contribution in [3.63, 3.8) is 0 Å². The van der Waals surface area contributed by atoms with Gasteiger partial charge in [-0.1, -0.05) is 49.4 Å². The van der Waals surface area contributed by atoms with E-state index in [1.165, 1.54) is 5.56 Å². The minimum atomic E-state index is -0.0439. The quantitative estimate of drug-likeness (QED) is 0.254. The lowest BCUT2D eigenvalue weighted by Gasteiger charge is -2.25. The van der Waals surface area contributed by atoms with Gasteiger partial charge in [-0.2, -0.15) is 5.10 Å². The van der Waals surface area contributed by atoms with E-state index in [1.54, 1.807) is 32.6 Å². The maximum absolute atomic E-state index is 13.2. The van der Waals surface area contributed by atoms with Gasteiger partial charge in [-0.25, -0.2) is 4.98 Å². The Kier molecular flexibility index (Phi) is 8.56. The highest BCUT2D eigenvalue weighted by molar-refractivity contribution is 5.97. The third-order valence-electron chi connectivity index (χ3n) is 6.62. The topological polar surface area (TPSA) is 69.5 Å². The molecule has 0 unspecified atom stereocenters. The molecule has 37 heavy (non-hydrogen) atoms. The van der Waals surface area contributed by atoms with E-state index in [0.29, 0.717) is 31.2 Å². The summed E-state index contributed by atoms with van der Waals surface area (Å²) < 4.78 is 12.7. The van der Waals surface area contributed by atoms with Crippen molar-refractivity contribution in [2.24, 2.45) is 0 Å². The Morgan fingerprint density at radius 1 is 1.03 bits per heavy atom. The summed E-state index contributed by atoms with van der Waals surface area (Å²) in [5.41, 5.74) is 3.86. The third-order valence-corrected chi connectivity index (χ3v) is 6.62. The van der Waals surface area contributed by atoms with Gasteiger partial charge in [0.2, 0.25) is 11.8 Å². The fraction of sp³-hybridized carbons (Fsp3) is 0.300. The predicted octanol–water partition coefficient (Wildman–Crippen LogP) is 5.55. The van der Waals surface area contributed by atoms with Crippen molar-refractivity contribution in [2.45, 2.75) is 32.7 Å². The van der Waals surface area contributed by atoms with Gasteiger partial charge in [0.1, 0.15) is 5.75 Å². The summed E-state index contributed by atoms with van der Waals surface area (Å²) in [7, 11) is 3.24. The maximum atomic E-state index is 13.2. The monoisotopic (exact) mass is 498 g/mol. The Morgan fingerprint density at radius 3 is 2.43 bits per heavy atom. The van der Waals surface area contributed by atoms with Gasteiger partial charge in [0.05, 0.1) is 37.4 Å². The Balaban J connectivity index is 1.60. The number of benzene rings is 2. The zero-order valence-corrected chi connectivity index (χ0v) is 21.9. The van der Waals surface area contributed by atoms with Crippen LogP contribution in [0.15, 0.2) is 72.9 Å². The number of methoxy groups -OCH3 is 2. The second-order valence-corrected chi connectivity index (χ2v) is 8.83. The summed E-state index contributed by atoms with van der Waals surface area (Å²) in [6.07, 6.45) is 6.04. The number of fused-ring (bicyclic) bond motifs is 1. The largest absolute Gasteiger partial charge is 0.497 e. The SMILES string of the molecule is CC[C@@H](CN(CC)C(=O)/C=C/c1nn(Cc2ccc(OC)cc2)c2ccnc(OC)c12)c1ccccc1. The molecule has 0 spiro atoms. The molecule has 0 saturated carbocycles. The lowest BCUT2D eigenvalue weighted by molar-refractivity contribution is -0.126. The average molecular weight is 499 g/mol. The number of amides is 1. The molecule has 0 bridgehead atoms. The minimum Gasteiger partial charge on any atom is -0.497 e. The molecule has 2 aromatic carbocycles. The van der Waals surface area contributed by atoms with E-state index in [4.69, 9.17) is 14.6 Å². The van der Waals surface area contributed by atoms with Gasteiger partial charge in [-0.15, -0.1) is 0 Å². The number of carbonyl (C=O) groups excluding carboxylic acids is 1. The number of pyridine rings is 1. The number of ether oxygens (including phenoxy) is 2. The van der Waals surface area contributed by atoms with Crippen molar-refractivity contribution in [1.82, 2.24) is 19.7 Å². The molecule has 192 valence electrons. The lowest BCUT2D eigenvalue weighted by atomic mass is 9.96. The maximum Gasteiger partial charge on any atom is 0.246 e. The summed E-state index contributed by atoms with van der Waals surface area (Å²) >= 11 is 0. The first kappa shape index (κ1) is 25.9. The van der Waals surface area contributed by atoms with Crippen LogP contribution >= 0.6 is 0 Å². The van der Waals surface area contributed by atoms with E-state index in [0.717, 1.165) is 28.6 Å². The van der Waals surface area contributed by atoms with Crippen LogP contribution in [-0.4, -0.2) is 52.9 Å². The molecule has 0 saturated heterocycles. The van der Waals surface area contributed by atoms with Crippen LogP contribution < -0.4 is 9.47 Å². The number of rotatable bonds is 11. The molecular weight excluding hydrogens is 464 g/mol. The number of nitrogens with zero attached hydrogens (tertiary/aromatic N) is 4. The van der Waals surface area contributed by atoms with Crippen molar-refractivity contribution in [3.8, 4) is 11.6 Å². The van der Waals surface area contributed by atoms with Crippen molar-refractivity contribution < 1.29 is 14.3 Å². The number of aromatic nitrogens is 3. The third kappa shape index (κ3) is 6.00. The summed E-state index contributed by atoms with van der Waals surface area (Å²) in [6, 6.07) is 20.2. The summed E-state index contributed by atoms with van der Waals surface area (Å²) in [5.74, 6) is 1.53. The Morgan fingerprint density at radius 2 is 1.78 bits per heavy atom. The van der Waals surface area contributed by atoms with Crippen molar-refractivity contribution in [2.75, 3.05) is 27.3 Å². The molecule has 0 fully saturated rings. The highest BCUT2D eigenvalue weighted by Crippen LogP contribution is 2.28. The molecule has 4 rings (SSSR count). The number of hydrogen-bond acceptors (Lipinski definition) is 5. The number of hydrogen-bond donors (Lipinski definition) is 0. The fourth-order valence-corrected chi connectivity index (χ4v) is 4.51. The molecular formula is C30H34N4O3. The molecule has 0 radical (unpaired) electrons. The van der Waals surface area contributed by atoms with Crippen LogP contribution in [0.25, 0.3) is 17.0 Å². The standard InChI is InChI=1S/C30H34N4O3/c1-5-23(24-10-8-7-9-11-24)21-33(6-2)28(35)17-16-26-29-27(18-19-31-30(29)37-4)34(32-26)20-22-12-14-25(36-3)15-13-22/h7-19,23H,5-6,20-21H2,1-4H3/b17-16+/t23-/m0/s1. The molecule has 4 aromatic rings. The first-order chi connectivity index (χ1) is 18.1. The van der Waals surface area contributed by atoms with Crippen LogP contribution in [-0.2, 0) is 11.3 Å². The second kappa shape index (κ2) is 12.2. The van der Waals surface area contributed by atoms with Crippen LogP contribution in [0.5, 0.6) is 11.6 Å². The zero-order valence-electron chi connectivity index (χ0n) is 21.9. The van der Waals surface area contributed by atoms with Crippen molar-refractivity contribution in [1.29, 1.82) is 0 Å². The Labute approximate surface area is 218 Å². The molecule has 0 aliphatic carbocycles. The first-order valence-electron chi connectivity index (χ1n) is 12.6. The normalized spacial score (nSPS) is 12.1. The van der Waals surface area contributed by atoms with Gasteiger partial charge in [-0.3, -0.25) is 9.48 Å². The summed E-state index contributed by atoms with van der Waals surface area (Å²) in [5, 5.41) is 5.60.